The smallest absolute Gasteiger partial charge is 0.241 e. The summed E-state index contributed by atoms with van der Waals surface area (Å²) < 4.78 is 27.9. The molecule has 1 aromatic heterocycles. The molecule has 0 saturated carbocycles. The van der Waals surface area contributed by atoms with E-state index in [0.29, 0.717) is 28.1 Å². The summed E-state index contributed by atoms with van der Waals surface area (Å²) in [6.45, 7) is 5.40. The Bertz CT molecular complexity index is 699. The van der Waals surface area contributed by atoms with Crippen molar-refractivity contribution >= 4 is 27.0 Å². The first-order valence-corrected chi connectivity index (χ1v) is 9.12. The van der Waals surface area contributed by atoms with Crippen LogP contribution >= 0.6 is 11.3 Å². The standard InChI is InChI=1S/C15H20N2O2S2/c1-10-6-14(16)7-11(2)15(10)21(18,19)17-12(3)8-13-4-5-20-9-13/h4-7,9,12,17H,8,16H2,1-3H3. The van der Waals surface area contributed by atoms with Crippen LogP contribution in [0.4, 0.5) is 5.69 Å². The molecular weight excluding hydrogens is 304 g/mol. The summed E-state index contributed by atoms with van der Waals surface area (Å²) in [4.78, 5) is 0.328. The predicted molar refractivity (Wildman–Crippen MR) is 88.1 cm³/mol. The summed E-state index contributed by atoms with van der Waals surface area (Å²) in [6.07, 6.45) is 0.676. The lowest BCUT2D eigenvalue weighted by Crippen LogP contribution is -2.34. The zero-order chi connectivity index (χ0) is 15.6. The van der Waals surface area contributed by atoms with Crippen molar-refractivity contribution in [1.82, 2.24) is 4.72 Å². The quantitative estimate of drug-likeness (QED) is 0.831. The highest BCUT2D eigenvalue weighted by Crippen LogP contribution is 2.23. The lowest BCUT2D eigenvalue weighted by molar-refractivity contribution is 0.559. The summed E-state index contributed by atoms with van der Waals surface area (Å²) in [5.74, 6) is 0. The Hall–Kier alpha value is -1.37. The topological polar surface area (TPSA) is 72.2 Å². The van der Waals surface area contributed by atoms with Crippen molar-refractivity contribution in [3.63, 3.8) is 0 Å². The highest BCUT2D eigenvalue weighted by atomic mass is 32.2. The van der Waals surface area contributed by atoms with Crippen LogP contribution in [0, 0.1) is 13.8 Å². The van der Waals surface area contributed by atoms with E-state index >= 15 is 0 Å². The van der Waals surface area contributed by atoms with E-state index in [1.54, 1.807) is 37.3 Å². The molecule has 0 saturated heterocycles. The Labute approximate surface area is 130 Å². The van der Waals surface area contributed by atoms with Crippen molar-refractivity contribution in [2.24, 2.45) is 0 Å². The molecule has 0 bridgehead atoms. The van der Waals surface area contributed by atoms with Gasteiger partial charge in [0.2, 0.25) is 10.0 Å². The summed E-state index contributed by atoms with van der Waals surface area (Å²) in [7, 11) is -3.54. The van der Waals surface area contributed by atoms with Crippen LogP contribution in [0.1, 0.15) is 23.6 Å². The van der Waals surface area contributed by atoms with E-state index < -0.39 is 10.0 Å². The average Bonchev–Trinajstić information content (AvgIpc) is 2.78. The van der Waals surface area contributed by atoms with Crippen molar-refractivity contribution in [3.8, 4) is 0 Å². The fourth-order valence-corrected chi connectivity index (χ4v) is 4.91. The van der Waals surface area contributed by atoms with E-state index in [9.17, 15) is 8.42 Å². The second kappa shape index (κ2) is 6.17. The Kier molecular flexibility index (Phi) is 4.70. The number of nitrogen functional groups attached to an aromatic ring is 1. The molecule has 1 heterocycles. The van der Waals surface area contributed by atoms with Gasteiger partial charge in [-0.1, -0.05) is 0 Å². The van der Waals surface area contributed by atoms with E-state index in [4.69, 9.17) is 5.73 Å². The van der Waals surface area contributed by atoms with Crippen LogP contribution in [0.5, 0.6) is 0 Å². The number of aryl methyl sites for hydroxylation is 2. The summed E-state index contributed by atoms with van der Waals surface area (Å²) >= 11 is 1.61. The Morgan fingerprint density at radius 3 is 2.43 bits per heavy atom. The molecule has 1 aromatic carbocycles. The first-order chi connectivity index (χ1) is 9.79. The van der Waals surface area contributed by atoms with E-state index in [0.717, 1.165) is 5.56 Å². The lowest BCUT2D eigenvalue weighted by atomic mass is 10.1. The van der Waals surface area contributed by atoms with Crippen molar-refractivity contribution in [2.75, 3.05) is 5.73 Å². The number of thiophene rings is 1. The molecule has 0 radical (unpaired) electrons. The maximum absolute atomic E-state index is 12.6. The van der Waals surface area contributed by atoms with Crippen LogP contribution in [0.25, 0.3) is 0 Å². The van der Waals surface area contributed by atoms with Gasteiger partial charge >= 0.3 is 0 Å². The highest BCUT2D eigenvalue weighted by molar-refractivity contribution is 7.89. The number of benzene rings is 1. The molecule has 0 amide bonds. The SMILES string of the molecule is Cc1cc(N)cc(C)c1S(=O)(=O)NC(C)Cc1ccsc1. The number of hydrogen-bond acceptors (Lipinski definition) is 4. The van der Waals surface area contributed by atoms with Crippen LogP contribution in [0.15, 0.2) is 33.9 Å². The minimum Gasteiger partial charge on any atom is -0.399 e. The third-order valence-corrected chi connectivity index (χ3v) is 5.86. The van der Waals surface area contributed by atoms with Crippen LogP contribution < -0.4 is 10.5 Å². The molecule has 114 valence electrons. The second-order valence-electron chi connectivity index (χ2n) is 5.34. The molecular formula is C15H20N2O2S2. The zero-order valence-corrected chi connectivity index (χ0v) is 14.0. The second-order valence-corrected chi connectivity index (χ2v) is 7.77. The van der Waals surface area contributed by atoms with Gasteiger partial charge in [0, 0.05) is 11.7 Å². The number of rotatable bonds is 5. The third-order valence-electron chi connectivity index (χ3n) is 3.23. The Morgan fingerprint density at radius 1 is 1.29 bits per heavy atom. The van der Waals surface area contributed by atoms with Gasteiger partial charge in [0.05, 0.1) is 4.90 Å². The fraction of sp³-hybridized carbons (Fsp3) is 0.333. The Balaban J connectivity index is 2.22. The maximum Gasteiger partial charge on any atom is 0.241 e. The molecule has 0 fully saturated rings. The molecule has 0 spiro atoms. The lowest BCUT2D eigenvalue weighted by Gasteiger charge is -2.17. The first kappa shape index (κ1) is 16.0. The normalized spacial score (nSPS) is 13.3. The molecule has 1 unspecified atom stereocenters. The molecule has 2 rings (SSSR count). The van der Waals surface area contributed by atoms with Gasteiger partial charge in [0.15, 0.2) is 0 Å². The first-order valence-electron chi connectivity index (χ1n) is 6.69. The molecule has 6 heteroatoms. The number of hydrogen-bond donors (Lipinski definition) is 2. The van der Waals surface area contributed by atoms with E-state index in [1.807, 2.05) is 23.8 Å². The summed E-state index contributed by atoms with van der Waals surface area (Å²) in [6, 6.07) is 5.21. The minimum atomic E-state index is -3.54. The third kappa shape index (κ3) is 3.84. The summed E-state index contributed by atoms with van der Waals surface area (Å²) in [5, 5.41) is 4.02. The van der Waals surface area contributed by atoms with E-state index in [1.165, 1.54) is 0 Å². The van der Waals surface area contributed by atoms with Crippen molar-refractivity contribution < 1.29 is 8.42 Å². The van der Waals surface area contributed by atoms with Gasteiger partial charge in [-0.05, 0) is 72.8 Å². The highest BCUT2D eigenvalue weighted by Gasteiger charge is 2.22. The van der Waals surface area contributed by atoms with Gasteiger partial charge in [-0.3, -0.25) is 0 Å². The van der Waals surface area contributed by atoms with Crippen LogP contribution in [-0.2, 0) is 16.4 Å². The maximum atomic E-state index is 12.6. The molecule has 21 heavy (non-hydrogen) atoms. The van der Waals surface area contributed by atoms with Crippen molar-refractivity contribution in [2.45, 2.75) is 38.1 Å². The molecule has 3 N–H and O–H groups in total. The molecule has 0 aliphatic rings. The van der Waals surface area contributed by atoms with Gasteiger partial charge in [-0.25, -0.2) is 13.1 Å². The predicted octanol–water partition coefficient (Wildman–Crippen LogP) is 2.86. The summed E-state index contributed by atoms with van der Waals surface area (Å²) in [5.41, 5.74) is 8.81. The van der Waals surface area contributed by atoms with Gasteiger partial charge in [-0.2, -0.15) is 11.3 Å². The van der Waals surface area contributed by atoms with Crippen LogP contribution in [0.2, 0.25) is 0 Å². The largest absolute Gasteiger partial charge is 0.399 e. The van der Waals surface area contributed by atoms with Gasteiger partial charge in [0.25, 0.3) is 0 Å². The molecule has 2 aromatic rings. The van der Waals surface area contributed by atoms with Gasteiger partial charge in [-0.15, -0.1) is 0 Å². The molecule has 0 aliphatic carbocycles. The minimum absolute atomic E-state index is 0.166. The average molecular weight is 324 g/mol. The van der Waals surface area contributed by atoms with Gasteiger partial charge in [0.1, 0.15) is 0 Å². The van der Waals surface area contributed by atoms with Crippen molar-refractivity contribution in [1.29, 1.82) is 0 Å². The molecule has 1 atom stereocenters. The zero-order valence-electron chi connectivity index (χ0n) is 12.4. The Morgan fingerprint density at radius 2 is 1.90 bits per heavy atom. The van der Waals surface area contributed by atoms with Crippen LogP contribution in [-0.4, -0.2) is 14.5 Å². The van der Waals surface area contributed by atoms with Crippen molar-refractivity contribution in [3.05, 3.63) is 45.6 Å². The van der Waals surface area contributed by atoms with Crippen LogP contribution in [0.3, 0.4) is 0 Å². The van der Waals surface area contributed by atoms with E-state index in [2.05, 4.69) is 4.72 Å². The fourth-order valence-electron chi connectivity index (χ4n) is 2.54. The monoisotopic (exact) mass is 324 g/mol. The molecule has 4 nitrogen and oxygen atoms in total. The van der Waals surface area contributed by atoms with Gasteiger partial charge < -0.3 is 5.73 Å². The number of nitrogens with one attached hydrogen (secondary N) is 1. The number of sulfonamides is 1. The number of anilines is 1. The number of nitrogens with two attached hydrogens (primary N) is 1. The van der Waals surface area contributed by atoms with E-state index in [-0.39, 0.29) is 6.04 Å². The molecule has 0 aliphatic heterocycles.